The van der Waals surface area contributed by atoms with Gasteiger partial charge in [-0.25, -0.2) is 14.4 Å². The second kappa shape index (κ2) is 6.70. The number of benzene rings is 1. The molecule has 0 bridgehead atoms. The van der Waals surface area contributed by atoms with Crippen LogP contribution in [0.3, 0.4) is 0 Å². The van der Waals surface area contributed by atoms with Gasteiger partial charge in [0.15, 0.2) is 24.6 Å². The van der Waals surface area contributed by atoms with Crippen LogP contribution in [0.4, 0.5) is 8.78 Å². The summed E-state index contributed by atoms with van der Waals surface area (Å²) >= 11 is 0. The summed E-state index contributed by atoms with van der Waals surface area (Å²) in [5, 5.41) is 22.1. The fraction of sp³-hybridized carbons (Fsp3) is 0.368. The van der Waals surface area contributed by atoms with Gasteiger partial charge in [0.25, 0.3) is 0 Å². The lowest BCUT2D eigenvalue weighted by Gasteiger charge is -2.31. The number of rotatable bonds is 2. The van der Waals surface area contributed by atoms with Crippen LogP contribution in [-0.4, -0.2) is 49.9 Å². The number of hydrogen-bond donors (Lipinski definition) is 2. The Balaban J connectivity index is 1.51. The normalized spacial score (nSPS) is 29.1. The molecule has 4 heterocycles. The molecule has 3 aromatic rings. The minimum absolute atomic E-state index is 0.197. The molecule has 2 aromatic heterocycles. The van der Waals surface area contributed by atoms with Gasteiger partial charge in [-0.05, 0) is 25.1 Å². The van der Waals surface area contributed by atoms with E-state index in [2.05, 4.69) is 9.97 Å². The Hall–Kier alpha value is -2.66. The maximum atomic E-state index is 14.1. The summed E-state index contributed by atoms with van der Waals surface area (Å²) < 4.78 is 45.8. The molecule has 2 aliphatic heterocycles. The van der Waals surface area contributed by atoms with Crippen molar-refractivity contribution >= 4 is 11.0 Å². The Morgan fingerprint density at radius 3 is 2.79 bits per heavy atom. The van der Waals surface area contributed by atoms with Crippen molar-refractivity contribution in [2.75, 3.05) is 6.79 Å². The fourth-order valence-corrected chi connectivity index (χ4v) is 3.91. The number of ether oxygens (including phenoxy) is 3. The van der Waals surface area contributed by atoms with Crippen LogP contribution < -0.4 is 4.74 Å². The number of aromatic nitrogens is 3. The maximum absolute atomic E-state index is 14.1. The van der Waals surface area contributed by atoms with Gasteiger partial charge in [-0.15, -0.1) is 0 Å². The van der Waals surface area contributed by atoms with Crippen LogP contribution in [0.2, 0.25) is 0 Å². The van der Waals surface area contributed by atoms with E-state index in [9.17, 15) is 19.0 Å². The van der Waals surface area contributed by atoms with Crippen LogP contribution in [0, 0.1) is 18.6 Å². The molecular formula is C19H17F2N3O5. The van der Waals surface area contributed by atoms with E-state index < -0.39 is 42.3 Å². The minimum Gasteiger partial charge on any atom is -0.464 e. The van der Waals surface area contributed by atoms with Crippen LogP contribution in [-0.2, 0) is 9.47 Å². The second-order valence-corrected chi connectivity index (χ2v) is 7.02. The predicted molar refractivity (Wildman–Crippen MR) is 93.9 cm³/mol. The van der Waals surface area contributed by atoms with Crippen molar-refractivity contribution in [3.63, 3.8) is 0 Å². The quantitative estimate of drug-likeness (QED) is 0.670. The van der Waals surface area contributed by atoms with E-state index in [1.807, 2.05) is 6.92 Å². The highest BCUT2D eigenvalue weighted by Gasteiger charge is 2.50. The summed E-state index contributed by atoms with van der Waals surface area (Å²) in [6.45, 7) is 1.49. The SMILES string of the molecule is Cc1ncnc2c1ccn2[C@@H]1O[C@H](C2OCOc3c2ccc(F)c3F)[C@@H](O)[C@H]1O. The number of nitrogens with zero attached hydrogens (tertiary/aromatic N) is 3. The van der Waals surface area contributed by atoms with E-state index in [1.165, 1.54) is 12.4 Å². The predicted octanol–water partition coefficient (Wildman–Crippen LogP) is 1.74. The molecule has 1 aromatic carbocycles. The Morgan fingerprint density at radius 2 is 1.97 bits per heavy atom. The van der Waals surface area contributed by atoms with Crippen molar-refractivity contribution < 1.29 is 33.2 Å². The lowest BCUT2D eigenvalue weighted by molar-refractivity contribution is -0.148. The van der Waals surface area contributed by atoms with Crippen molar-refractivity contribution in [2.45, 2.75) is 37.6 Å². The molecule has 8 nitrogen and oxygen atoms in total. The lowest BCUT2D eigenvalue weighted by atomic mass is 9.97. The van der Waals surface area contributed by atoms with Gasteiger partial charge < -0.3 is 29.0 Å². The summed E-state index contributed by atoms with van der Waals surface area (Å²) in [4.78, 5) is 8.37. The Labute approximate surface area is 163 Å². The Morgan fingerprint density at radius 1 is 1.14 bits per heavy atom. The second-order valence-electron chi connectivity index (χ2n) is 7.02. The smallest absolute Gasteiger partial charge is 0.201 e. The summed E-state index contributed by atoms with van der Waals surface area (Å²) in [6.07, 6.45) is -2.51. The molecule has 29 heavy (non-hydrogen) atoms. The van der Waals surface area contributed by atoms with Crippen molar-refractivity contribution in [1.29, 1.82) is 0 Å². The molecule has 0 radical (unpaired) electrons. The standard InChI is InChI=1S/C19H17F2N3O5/c1-8-9-4-5-24(18(9)23-6-22-8)19-14(26)13(25)17(29-19)16-10-2-3-11(20)12(21)15(10)27-7-28-16/h2-6,13-14,16-17,19,25-26H,7H2,1H3/t13-,14+,16?,17-,19+/m0/s1. The highest BCUT2D eigenvalue weighted by Crippen LogP contribution is 2.44. The van der Waals surface area contributed by atoms with Crippen LogP contribution in [0.15, 0.2) is 30.7 Å². The van der Waals surface area contributed by atoms with E-state index in [0.717, 1.165) is 17.1 Å². The topological polar surface area (TPSA) is 98.9 Å². The van der Waals surface area contributed by atoms with Gasteiger partial charge in [0.2, 0.25) is 5.82 Å². The molecule has 5 rings (SSSR count). The number of aliphatic hydroxyl groups is 2. The van der Waals surface area contributed by atoms with E-state index in [-0.39, 0.29) is 18.1 Å². The first-order chi connectivity index (χ1) is 14.0. The Kier molecular flexibility index (Phi) is 4.24. The first kappa shape index (κ1) is 18.4. The number of halogens is 2. The van der Waals surface area contributed by atoms with Crippen LogP contribution >= 0.6 is 0 Å². The third-order valence-electron chi connectivity index (χ3n) is 5.39. The molecule has 1 fully saturated rings. The van der Waals surface area contributed by atoms with Gasteiger partial charge in [-0.1, -0.05) is 0 Å². The maximum Gasteiger partial charge on any atom is 0.201 e. The molecule has 0 spiro atoms. The largest absolute Gasteiger partial charge is 0.464 e. The van der Waals surface area contributed by atoms with Gasteiger partial charge >= 0.3 is 0 Å². The molecule has 0 aliphatic carbocycles. The zero-order valence-corrected chi connectivity index (χ0v) is 15.2. The van der Waals surface area contributed by atoms with Gasteiger partial charge in [-0.3, -0.25) is 0 Å². The summed E-state index contributed by atoms with van der Waals surface area (Å²) in [5.41, 5.74) is 1.50. The molecule has 2 N–H and O–H groups in total. The van der Waals surface area contributed by atoms with E-state index in [1.54, 1.807) is 16.8 Å². The zero-order valence-electron chi connectivity index (χ0n) is 15.2. The molecule has 0 amide bonds. The first-order valence-electron chi connectivity index (χ1n) is 8.99. The van der Waals surface area contributed by atoms with Crippen molar-refractivity contribution in [1.82, 2.24) is 14.5 Å². The minimum atomic E-state index is -1.34. The van der Waals surface area contributed by atoms with E-state index in [0.29, 0.717) is 5.65 Å². The summed E-state index contributed by atoms with van der Waals surface area (Å²) in [5.74, 6) is -2.47. The van der Waals surface area contributed by atoms with E-state index in [4.69, 9.17) is 14.2 Å². The number of hydrogen-bond acceptors (Lipinski definition) is 7. The lowest BCUT2D eigenvalue weighted by Crippen LogP contribution is -2.37. The average molecular weight is 405 g/mol. The van der Waals surface area contributed by atoms with Gasteiger partial charge in [-0.2, -0.15) is 4.39 Å². The van der Waals surface area contributed by atoms with Crippen molar-refractivity contribution in [3.8, 4) is 5.75 Å². The zero-order chi connectivity index (χ0) is 20.3. The van der Waals surface area contributed by atoms with Crippen LogP contribution in [0.5, 0.6) is 5.75 Å². The Bertz CT molecular complexity index is 1090. The molecule has 0 saturated carbocycles. The first-order valence-corrected chi connectivity index (χ1v) is 8.99. The highest BCUT2D eigenvalue weighted by molar-refractivity contribution is 5.78. The van der Waals surface area contributed by atoms with Gasteiger partial charge in [0.1, 0.15) is 36.4 Å². The summed E-state index contributed by atoms with van der Waals surface area (Å²) in [6, 6.07) is 4.06. The number of fused-ring (bicyclic) bond motifs is 2. The van der Waals surface area contributed by atoms with Crippen LogP contribution in [0.1, 0.15) is 23.6 Å². The highest BCUT2D eigenvalue weighted by atomic mass is 19.2. The molecule has 1 saturated heterocycles. The average Bonchev–Trinajstić information content (AvgIpc) is 3.27. The molecule has 1 unspecified atom stereocenters. The third kappa shape index (κ3) is 2.71. The fourth-order valence-electron chi connectivity index (χ4n) is 3.91. The molecule has 2 aliphatic rings. The molecular weight excluding hydrogens is 388 g/mol. The number of aryl methyl sites for hydroxylation is 1. The van der Waals surface area contributed by atoms with Crippen molar-refractivity contribution in [2.24, 2.45) is 0 Å². The van der Waals surface area contributed by atoms with Crippen molar-refractivity contribution in [3.05, 3.63) is 53.6 Å². The van der Waals surface area contributed by atoms with E-state index >= 15 is 0 Å². The summed E-state index contributed by atoms with van der Waals surface area (Å²) in [7, 11) is 0. The molecule has 5 atom stereocenters. The molecule has 10 heteroatoms. The third-order valence-corrected chi connectivity index (χ3v) is 5.39. The van der Waals surface area contributed by atoms with Crippen LogP contribution in [0.25, 0.3) is 11.0 Å². The monoisotopic (exact) mass is 405 g/mol. The van der Waals surface area contributed by atoms with Gasteiger partial charge in [0, 0.05) is 17.1 Å². The number of aliphatic hydroxyl groups excluding tert-OH is 2. The molecule has 152 valence electrons. The van der Waals surface area contributed by atoms with Gasteiger partial charge in [0.05, 0.1) is 5.69 Å².